The molecule has 0 amide bonds. The second-order valence-electron chi connectivity index (χ2n) is 8.18. The number of rotatable bonds is 16. The van der Waals surface area contributed by atoms with E-state index in [4.69, 9.17) is 9.47 Å². The molecule has 0 saturated carbocycles. The van der Waals surface area contributed by atoms with Gasteiger partial charge in [0.15, 0.2) is 0 Å². The summed E-state index contributed by atoms with van der Waals surface area (Å²) in [4.78, 5) is 24.7. The van der Waals surface area contributed by atoms with Crippen LogP contribution in [-0.2, 0) is 9.47 Å². The molecule has 0 aromatic heterocycles. The summed E-state index contributed by atoms with van der Waals surface area (Å²) in [5.74, 6) is -0.446. The molecular formula is C25H40O4. The number of unbranched alkanes of at least 4 members (excludes halogenated alkanes) is 9. The maximum absolute atomic E-state index is 12.4. The standard InChI is InChI=1S/C25H40O4/c1-4-5-6-7-8-9-10-11-12-15-19-28-24(26)22-16-13-14-17-23(22)25(27)29-20-18-21(2)3/h13-14,16-17,21H,4-12,15,18-20H2,1-3H3. The number of hydrogen-bond donors (Lipinski definition) is 0. The minimum absolute atomic E-state index is 0.282. The zero-order valence-corrected chi connectivity index (χ0v) is 18.7. The molecule has 0 aliphatic rings. The molecule has 164 valence electrons. The zero-order chi connectivity index (χ0) is 21.3. The van der Waals surface area contributed by atoms with E-state index in [1.165, 1.54) is 51.4 Å². The van der Waals surface area contributed by atoms with E-state index >= 15 is 0 Å². The maximum atomic E-state index is 12.4. The van der Waals surface area contributed by atoms with Gasteiger partial charge >= 0.3 is 11.9 Å². The molecule has 0 N–H and O–H groups in total. The van der Waals surface area contributed by atoms with Gasteiger partial charge in [-0.25, -0.2) is 9.59 Å². The predicted molar refractivity (Wildman–Crippen MR) is 118 cm³/mol. The molecule has 4 heteroatoms. The summed E-state index contributed by atoms with van der Waals surface area (Å²) >= 11 is 0. The number of carbonyl (C=O) groups excluding carboxylic acids is 2. The molecule has 0 unspecified atom stereocenters. The molecular weight excluding hydrogens is 364 g/mol. The van der Waals surface area contributed by atoms with E-state index in [0.717, 1.165) is 19.3 Å². The number of ether oxygens (including phenoxy) is 2. The van der Waals surface area contributed by atoms with Crippen LogP contribution < -0.4 is 0 Å². The fraction of sp³-hybridized carbons (Fsp3) is 0.680. The third kappa shape index (κ3) is 11.7. The largest absolute Gasteiger partial charge is 0.462 e. The molecule has 0 radical (unpaired) electrons. The van der Waals surface area contributed by atoms with Crippen molar-refractivity contribution < 1.29 is 19.1 Å². The predicted octanol–water partition coefficient (Wildman–Crippen LogP) is 6.97. The van der Waals surface area contributed by atoms with Crippen molar-refractivity contribution in [2.75, 3.05) is 13.2 Å². The zero-order valence-electron chi connectivity index (χ0n) is 18.7. The molecule has 0 aliphatic heterocycles. The van der Waals surface area contributed by atoms with Crippen molar-refractivity contribution in [3.8, 4) is 0 Å². The van der Waals surface area contributed by atoms with Crippen LogP contribution in [0, 0.1) is 5.92 Å². The van der Waals surface area contributed by atoms with E-state index in [1.807, 2.05) is 0 Å². The fourth-order valence-corrected chi connectivity index (χ4v) is 3.14. The lowest BCUT2D eigenvalue weighted by Gasteiger charge is -2.10. The first-order valence-corrected chi connectivity index (χ1v) is 11.5. The van der Waals surface area contributed by atoms with Crippen molar-refractivity contribution in [2.24, 2.45) is 5.92 Å². The fourth-order valence-electron chi connectivity index (χ4n) is 3.14. The first-order valence-electron chi connectivity index (χ1n) is 11.5. The van der Waals surface area contributed by atoms with Crippen LogP contribution in [0.4, 0.5) is 0 Å². The van der Waals surface area contributed by atoms with Crippen molar-refractivity contribution in [3.63, 3.8) is 0 Å². The number of esters is 2. The molecule has 1 rings (SSSR count). The second-order valence-corrected chi connectivity index (χ2v) is 8.18. The van der Waals surface area contributed by atoms with Gasteiger partial charge in [-0.05, 0) is 30.9 Å². The van der Waals surface area contributed by atoms with Gasteiger partial charge in [0, 0.05) is 0 Å². The van der Waals surface area contributed by atoms with Crippen molar-refractivity contribution in [3.05, 3.63) is 35.4 Å². The van der Waals surface area contributed by atoms with Gasteiger partial charge in [0.1, 0.15) is 0 Å². The average Bonchev–Trinajstić information content (AvgIpc) is 2.71. The molecule has 29 heavy (non-hydrogen) atoms. The first-order chi connectivity index (χ1) is 14.1. The molecule has 0 fully saturated rings. The van der Waals surface area contributed by atoms with E-state index in [0.29, 0.717) is 19.1 Å². The van der Waals surface area contributed by atoms with E-state index in [1.54, 1.807) is 24.3 Å². The summed E-state index contributed by atoms with van der Waals surface area (Å²) < 4.78 is 10.7. The lowest BCUT2D eigenvalue weighted by atomic mass is 10.1. The SMILES string of the molecule is CCCCCCCCCCCCOC(=O)c1ccccc1C(=O)OCCC(C)C. The van der Waals surface area contributed by atoms with Crippen LogP contribution >= 0.6 is 0 Å². The second kappa shape index (κ2) is 16.0. The Labute approximate surface area is 177 Å². The van der Waals surface area contributed by atoms with Crippen LogP contribution in [0.3, 0.4) is 0 Å². The summed E-state index contributed by atoms with van der Waals surface area (Å²) in [6.07, 6.45) is 13.2. The van der Waals surface area contributed by atoms with Gasteiger partial charge < -0.3 is 9.47 Å². The summed E-state index contributed by atoms with van der Waals surface area (Å²) in [5, 5.41) is 0. The number of hydrogen-bond acceptors (Lipinski definition) is 4. The van der Waals surface area contributed by atoms with Crippen molar-refractivity contribution in [1.82, 2.24) is 0 Å². The Morgan fingerprint density at radius 2 is 1.17 bits per heavy atom. The van der Waals surface area contributed by atoms with Crippen LogP contribution in [-0.4, -0.2) is 25.2 Å². The molecule has 0 saturated heterocycles. The molecule has 1 aromatic carbocycles. The van der Waals surface area contributed by atoms with Gasteiger partial charge in [-0.3, -0.25) is 0 Å². The van der Waals surface area contributed by atoms with Gasteiger partial charge in [-0.2, -0.15) is 0 Å². The van der Waals surface area contributed by atoms with E-state index in [2.05, 4.69) is 20.8 Å². The number of benzene rings is 1. The lowest BCUT2D eigenvalue weighted by molar-refractivity contribution is 0.0445. The Balaban J connectivity index is 2.25. The van der Waals surface area contributed by atoms with Crippen molar-refractivity contribution in [1.29, 1.82) is 0 Å². The Hall–Kier alpha value is -1.84. The van der Waals surface area contributed by atoms with Crippen LogP contribution in [0.2, 0.25) is 0 Å². The maximum Gasteiger partial charge on any atom is 0.339 e. The summed E-state index contributed by atoms with van der Waals surface area (Å²) in [6.45, 7) is 7.15. The molecule has 0 aliphatic carbocycles. The quantitative estimate of drug-likeness (QED) is 0.220. The molecule has 0 heterocycles. The van der Waals surface area contributed by atoms with Crippen molar-refractivity contribution >= 4 is 11.9 Å². The highest BCUT2D eigenvalue weighted by Crippen LogP contribution is 2.14. The summed E-state index contributed by atoms with van der Waals surface area (Å²) in [7, 11) is 0. The van der Waals surface area contributed by atoms with E-state index < -0.39 is 11.9 Å². The van der Waals surface area contributed by atoms with Crippen LogP contribution in [0.1, 0.15) is 112 Å². The molecule has 0 atom stereocenters. The van der Waals surface area contributed by atoms with Gasteiger partial charge in [-0.1, -0.05) is 90.7 Å². The normalized spacial score (nSPS) is 10.9. The average molecular weight is 405 g/mol. The van der Waals surface area contributed by atoms with Gasteiger partial charge in [0.05, 0.1) is 24.3 Å². The molecule has 0 bridgehead atoms. The Kier molecular flexibility index (Phi) is 13.9. The van der Waals surface area contributed by atoms with Gasteiger partial charge in [0.25, 0.3) is 0 Å². The van der Waals surface area contributed by atoms with E-state index in [-0.39, 0.29) is 11.1 Å². The Morgan fingerprint density at radius 3 is 1.66 bits per heavy atom. The van der Waals surface area contributed by atoms with Crippen LogP contribution in [0.15, 0.2) is 24.3 Å². The van der Waals surface area contributed by atoms with Crippen LogP contribution in [0.25, 0.3) is 0 Å². The lowest BCUT2D eigenvalue weighted by Crippen LogP contribution is -2.15. The third-order valence-electron chi connectivity index (χ3n) is 5.03. The van der Waals surface area contributed by atoms with E-state index in [9.17, 15) is 9.59 Å². The van der Waals surface area contributed by atoms with Crippen LogP contribution in [0.5, 0.6) is 0 Å². The Morgan fingerprint density at radius 1 is 0.724 bits per heavy atom. The monoisotopic (exact) mass is 404 g/mol. The first kappa shape index (κ1) is 25.2. The number of carbonyl (C=O) groups is 2. The van der Waals surface area contributed by atoms with Crippen molar-refractivity contribution in [2.45, 2.75) is 91.4 Å². The smallest absolute Gasteiger partial charge is 0.339 e. The minimum atomic E-state index is -0.461. The highest BCUT2D eigenvalue weighted by molar-refractivity contribution is 6.03. The van der Waals surface area contributed by atoms with Gasteiger partial charge in [0.2, 0.25) is 0 Å². The third-order valence-corrected chi connectivity index (χ3v) is 5.03. The van der Waals surface area contributed by atoms with Gasteiger partial charge in [-0.15, -0.1) is 0 Å². The Bertz CT molecular complexity index is 580. The molecule has 4 nitrogen and oxygen atoms in total. The minimum Gasteiger partial charge on any atom is -0.462 e. The molecule has 0 spiro atoms. The summed E-state index contributed by atoms with van der Waals surface area (Å²) in [6, 6.07) is 6.72. The highest BCUT2D eigenvalue weighted by atomic mass is 16.5. The molecule has 1 aromatic rings. The summed E-state index contributed by atoms with van der Waals surface area (Å²) in [5.41, 5.74) is 0.568. The topological polar surface area (TPSA) is 52.6 Å². The highest BCUT2D eigenvalue weighted by Gasteiger charge is 2.18.